The molecule has 0 aliphatic heterocycles. The minimum Gasteiger partial charge on any atom is -0.444 e. The number of carbonyl (C=O) groups is 2. The number of carbonyl (C=O) groups excluding carboxylic acids is 2. The molecule has 0 rings (SSSR count). The normalized spacial score (nSPS) is 13.4. The number of hydrogen-bond acceptors (Lipinski definition) is 4. The average molecular weight is 245 g/mol. The van der Waals surface area contributed by atoms with E-state index in [1.165, 1.54) is 0 Å². The lowest BCUT2D eigenvalue weighted by molar-refractivity contribution is -0.124. The molecule has 17 heavy (non-hydrogen) atoms. The van der Waals surface area contributed by atoms with Gasteiger partial charge in [-0.25, -0.2) is 4.79 Å². The Morgan fingerprint density at radius 1 is 1.29 bits per heavy atom. The largest absolute Gasteiger partial charge is 0.444 e. The van der Waals surface area contributed by atoms with Crippen LogP contribution in [0.5, 0.6) is 0 Å². The van der Waals surface area contributed by atoms with Crippen molar-refractivity contribution in [1.82, 2.24) is 5.32 Å². The molecule has 0 radical (unpaired) electrons. The van der Waals surface area contributed by atoms with Crippen LogP contribution in [0.1, 0.15) is 41.0 Å². The van der Waals surface area contributed by atoms with Crippen LogP contribution in [-0.2, 0) is 9.53 Å². The zero-order valence-electron chi connectivity index (χ0n) is 11.2. The Balaban J connectivity index is 4.45. The number of amides is 1. The van der Waals surface area contributed by atoms with Gasteiger partial charge in [0.2, 0.25) is 0 Å². The number of aliphatic hydroxyl groups is 1. The van der Waals surface area contributed by atoms with Crippen LogP contribution in [0.25, 0.3) is 0 Å². The summed E-state index contributed by atoms with van der Waals surface area (Å²) in [6.45, 7) is 8.60. The van der Waals surface area contributed by atoms with Crippen molar-refractivity contribution in [3.63, 3.8) is 0 Å². The van der Waals surface area contributed by atoms with Crippen molar-refractivity contribution in [1.29, 1.82) is 0 Å². The first kappa shape index (κ1) is 15.9. The third-order valence-electron chi connectivity index (χ3n) is 2.02. The molecule has 0 aliphatic carbocycles. The van der Waals surface area contributed by atoms with Crippen molar-refractivity contribution in [3.05, 3.63) is 0 Å². The Labute approximate surface area is 103 Å². The van der Waals surface area contributed by atoms with E-state index in [0.717, 1.165) is 0 Å². The van der Waals surface area contributed by atoms with Crippen molar-refractivity contribution in [2.75, 3.05) is 6.61 Å². The minimum absolute atomic E-state index is 0.107. The quantitative estimate of drug-likeness (QED) is 0.769. The molecular weight excluding hydrogens is 222 g/mol. The van der Waals surface area contributed by atoms with E-state index in [0.29, 0.717) is 0 Å². The lowest BCUT2D eigenvalue weighted by Gasteiger charge is -2.23. The van der Waals surface area contributed by atoms with Crippen molar-refractivity contribution < 1.29 is 19.4 Å². The van der Waals surface area contributed by atoms with Gasteiger partial charge in [0.05, 0.1) is 6.04 Å². The summed E-state index contributed by atoms with van der Waals surface area (Å²) in [4.78, 5) is 23.3. The van der Waals surface area contributed by atoms with E-state index < -0.39 is 17.7 Å². The van der Waals surface area contributed by atoms with Gasteiger partial charge in [-0.3, -0.25) is 4.79 Å². The van der Waals surface area contributed by atoms with E-state index in [1.807, 2.05) is 0 Å². The van der Waals surface area contributed by atoms with E-state index in [2.05, 4.69) is 5.32 Å². The number of aliphatic hydroxyl groups excluding tert-OH is 1. The maximum absolute atomic E-state index is 11.8. The van der Waals surface area contributed by atoms with Gasteiger partial charge >= 0.3 is 6.09 Å². The predicted molar refractivity (Wildman–Crippen MR) is 64.7 cm³/mol. The average Bonchev–Trinajstić information content (AvgIpc) is 2.12. The summed E-state index contributed by atoms with van der Waals surface area (Å²) in [5.41, 5.74) is -0.602. The molecule has 0 spiro atoms. The van der Waals surface area contributed by atoms with E-state index in [-0.39, 0.29) is 24.7 Å². The Morgan fingerprint density at radius 3 is 2.18 bits per heavy atom. The number of rotatable bonds is 5. The fourth-order valence-corrected chi connectivity index (χ4v) is 1.27. The van der Waals surface area contributed by atoms with Crippen molar-refractivity contribution >= 4 is 11.9 Å². The van der Waals surface area contributed by atoms with Gasteiger partial charge in [-0.15, -0.1) is 0 Å². The number of hydrogen-bond donors (Lipinski definition) is 2. The van der Waals surface area contributed by atoms with Crippen molar-refractivity contribution in [3.8, 4) is 0 Å². The molecule has 100 valence electrons. The molecule has 0 saturated carbocycles. The van der Waals surface area contributed by atoms with Crippen LogP contribution in [0.15, 0.2) is 0 Å². The lowest BCUT2D eigenvalue weighted by atomic mass is 10.00. The van der Waals surface area contributed by atoms with Crippen molar-refractivity contribution in [2.24, 2.45) is 5.92 Å². The number of ether oxygens (including phenoxy) is 1. The van der Waals surface area contributed by atoms with Crippen LogP contribution in [0.4, 0.5) is 4.79 Å². The van der Waals surface area contributed by atoms with Gasteiger partial charge in [0.15, 0.2) is 5.78 Å². The molecule has 5 nitrogen and oxygen atoms in total. The van der Waals surface area contributed by atoms with Gasteiger partial charge in [-0.2, -0.15) is 0 Å². The van der Waals surface area contributed by atoms with E-state index in [1.54, 1.807) is 34.6 Å². The van der Waals surface area contributed by atoms with Crippen LogP contribution < -0.4 is 5.32 Å². The highest BCUT2D eigenvalue weighted by atomic mass is 16.6. The molecule has 0 aliphatic rings. The second-order valence-corrected chi connectivity index (χ2v) is 5.27. The topological polar surface area (TPSA) is 75.6 Å². The number of alkyl carbamates (subject to hydrolysis) is 1. The first-order valence-corrected chi connectivity index (χ1v) is 5.81. The molecule has 0 bridgehead atoms. The zero-order chi connectivity index (χ0) is 13.6. The summed E-state index contributed by atoms with van der Waals surface area (Å²) in [6.07, 6.45) is -0.430. The molecular formula is C12H23NO4. The summed E-state index contributed by atoms with van der Waals surface area (Å²) in [7, 11) is 0. The maximum Gasteiger partial charge on any atom is 0.408 e. The number of nitrogens with one attached hydrogen (secondary N) is 1. The maximum atomic E-state index is 11.8. The molecule has 1 atom stereocenters. The Kier molecular flexibility index (Phi) is 6.16. The summed E-state index contributed by atoms with van der Waals surface area (Å²) >= 11 is 0. The highest BCUT2D eigenvalue weighted by Gasteiger charge is 2.25. The zero-order valence-corrected chi connectivity index (χ0v) is 11.2. The number of Topliss-reactive ketones (excluding diaryl/α,β-unsaturated/α-hetero) is 1. The second kappa shape index (κ2) is 6.59. The lowest BCUT2D eigenvalue weighted by Crippen LogP contribution is -2.45. The Morgan fingerprint density at radius 2 is 1.82 bits per heavy atom. The summed E-state index contributed by atoms with van der Waals surface area (Å²) < 4.78 is 5.06. The molecule has 0 aromatic carbocycles. The second-order valence-electron chi connectivity index (χ2n) is 5.27. The molecule has 0 heterocycles. The van der Waals surface area contributed by atoms with Crippen LogP contribution in [-0.4, -0.2) is 35.2 Å². The molecule has 0 saturated heterocycles. The van der Waals surface area contributed by atoms with Crippen LogP contribution in [0.2, 0.25) is 0 Å². The summed E-state index contributed by atoms with van der Waals surface area (Å²) in [5.74, 6) is -0.300. The van der Waals surface area contributed by atoms with Gasteiger partial charge in [0, 0.05) is 12.5 Å². The molecule has 0 aromatic heterocycles. The fraction of sp³-hybridized carbons (Fsp3) is 0.833. The minimum atomic E-state index is -0.685. The molecule has 0 aromatic rings. The Bertz CT molecular complexity index is 268. The van der Waals surface area contributed by atoms with E-state index >= 15 is 0 Å². The fourth-order valence-electron chi connectivity index (χ4n) is 1.27. The van der Waals surface area contributed by atoms with Crippen LogP contribution >= 0.6 is 0 Å². The number of ketones is 1. The molecule has 0 unspecified atom stereocenters. The highest BCUT2D eigenvalue weighted by molar-refractivity contribution is 5.88. The van der Waals surface area contributed by atoms with Crippen LogP contribution in [0, 0.1) is 5.92 Å². The molecule has 0 fully saturated rings. The first-order valence-electron chi connectivity index (χ1n) is 5.81. The molecule has 2 N–H and O–H groups in total. The Hall–Kier alpha value is -1.10. The highest BCUT2D eigenvalue weighted by Crippen LogP contribution is 2.09. The molecule has 5 heteroatoms. The van der Waals surface area contributed by atoms with Gasteiger partial charge in [0.25, 0.3) is 0 Å². The standard InChI is InChI=1S/C12H23NO4/c1-8(2)10(15)9(6-7-14)13-11(16)17-12(3,4)5/h8-9,14H,6-7H2,1-5H3,(H,13,16)/t9-/m0/s1. The van der Waals surface area contributed by atoms with Crippen molar-refractivity contribution in [2.45, 2.75) is 52.7 Å². The monoisotopic (exact) mass is 245 g/mol. The third-order valence-corrected chi connectivity index (χ3v) is 2.02. The predicted octanol–water partition coefficient (Wildman–Crippen LogP) is 1.49. The van der Waals surface area contributed by atoms with E-state index in [4.69, 9.17) is 9.84 Å². The summed E-state index contributed by atoms with van der Waals surface area (Å²) in [5, 5.41) is 11.4. The third kappa shape index (κ3) is 6.94. The van der Waals surface area contributed by atoms with Gasteiger partial charge in [0.1, 0.15) is 5.60 Å². The smallest absolute Gasteiger partial charge is 0.408 e. The summed E-state index contributed by atoms with van der Waals surface area (Å²) in [6, 6.07) is -0.685. The molecule has 1 amide bonds. The van der Waals surface area contributed by atoms with Crippen LogP contribution in [0.3, 0.4) is 0 Å². The van der Waals surface area contributed by atoms with Gasteiger partial charge in [-0.1, -0.05) is 13.8 Å². The van der Waals surface area contributed by atoms with E-state index in [9.17, 15) is 9.59 Å². The SMILES string of the molecule is CC(C)C(=O)[C@H](CCO)NC(=O)OC(C)(C)C. The van der Waals surface area contributed by atoms with Gasteiger partial charge < -0.3 is 15.2 Å². The van der Waals surface area contributed by atoms with Gasteiger partial charge in [-0.05, 0) is 27.2 Å². The first-order chi connectivity index (χ1) is 7.67.